The highest BCUT2D eigenvalue weighted by Crippen LogP contribution is 2.06. The number of hydrogen-bond donors (Lipinski definition) is 3. The van der Waals surface area contributed by atoms with Crippen molar-refractivity contribution in [2.75, 3.05) is 13.1 Å². The summed E-state index contributed by atoms with van der Waals surface area (Å²) in [5.74, 6) is -1.41. The molecule has 0 bridgehead atoms. The van der Waals surface area contributed by atoms with Gasteiger partial charge in [-0.05, 0) is 34.1 Å². The van der Waals surface area contributed by atoms with E-state index in [1.807, 2.05) is 0 Å². The Bertz CT molecular complexity index is 440. The Balaban J connectivity index is 3.94. The van der Waals surface area contributed by atoms with Gasteiger partial charge in [0.15, 0.2) is 5.25 Å². The number of amides is 1. The Hall–Kier alpha value is -1.35. The van der Waals surface area contributed by atoms with E-state index in [2.05, 4.69) is 10.0 Å². The van der Waals surface area contributed by atoms with E-state index in [0.717, 1.165) is 6.92 Å². The number of alkyl carbamates (subject to hydrolysis) is 1. The van der Waals surface area contributed by atoms with Gasteiger partial charge in [-0.2, -0.15) is 0 Å². The lowest BCUT2D eigenvalue weighted by molar-refractivity contribution is -0.136. The van der Waals surface area contributed by atoms with Crippen LogP contribution >= 0.6 is 0 Å². The van der Waals surface area contributed by atoms with Crippen LogP contribution in [0.5, 0.6) is 0 Å². The number of nitrogens with one attached hydrogen (secondary N) is 2. The molecule has 0 saturated carbocycles. The molecule has 20 heavy (non-hydrogen) atoms. The largest absolute Gasteiger partial charge is 0.480 e. The van der Waals surface area contributed by atoms with Crippen molar-refractivity contribution in [2.24, 2.45) is 0 Å². The van der Waals surface area contributed by atoms with Crippen LogP contribution in [0.15, 0.2) is 0 Å². The maximum Gasteiger partial charge on any atom is 0.407 e. The normalized spacial score (nSPS) is 13.6. The van der Waals surface area contributed by atoms with Crippen LogP contribution in [-0.2, 0) is 19.6 Å². The first kappa shape index (κ1) is 18.7. The third-order valence-electron chi connectivity index (χ3n) is 2.14. The molecule has 0 rings (SSSR count). The van der Waals surface area contributed by atoms with Gasteiger partial charge >= 0.3 is 12.1 Å². The molecule has 0 saturated heterocycles. The van der Waals surface area contributed by atoms with Gasteiger partial charge in [-0.25, -0.2) is 17.9 Å². The van der Waals surface area contributed by atoms with Crippen LogP contribution in [0, 0.1) is 0 Å². The second-order valence-corrected chi connectivity index (χ2v) is 7.29. The van der Waals surface area contributed by atoms with E-state index in [0.29, 0.717) is 6.42 Å². The molecule has 0 fully saturated rings. The average Bonchev–Trinajstić information content (AvgIpc) is 2.24. The average molecular weight is 310 g/mol. The first-order valence-electron chi connectivity index (χ1n) is 6.14. The highest BCUT2D eigenvalue weighted by molar-refractivity contribution is 7.90. The summed E-state index contributed by atoms with van der Waals surface area (Å²) in [6.07, 6.45) is -0.260. The zero-order chi connectivity index (χ0) is 16.0. The number of carbonyl (C=O) groups is 2. The monoisotopic (exact) mass is 310 g/mol. The third kappa shape index (κ3) is 7.95. The van der Waals surface area contributed by atoms with E-state index in [9.17, 15) is 18.0 Å². The first-order valence-corrected chi connectivity index (χ1v) is 7.68. The molecule has 1 atom stereocenters. The fraction of sp³-hybridized carbons (Fsp3) is 0.818. The zero-order valence-electron chi connectivity index (χ0n) is 12.1. The molecule has 0 aliphatic rings. The van der Waals surface area contributed by atoms with E-state index in [-0.39, 0.29) is 13.1 Å². The second kappa shape index (κ2) is 7.44. The van der Waals surface area contributed by atoms with Crippen molar-refractivity contribution in [3.63, 3.8) is 0 Å². The Labute approximate surface area is 118 Å². The number of ether oxygens (including phenoxy) is 1. The smallest absolute Gasteiger partial charge is 0.407 e. The minimum atomic E-state index is -3.88. The molecule has 0 aromatic rings. The van der Waals surface area contributed by atoms with Gasteiger partial charge in [0.1, 0.15) is 5.60 Å². The molecular weight excluding hydrogens is 288 g/mol. The summed E-state index contributed by atoms with van der Waals surface area (Å²) in [6.45, 7) is 6.54. The number of carbonyl (C=O) groups excluding carboxylic acids is 1. The number of rotatable bonds is 7. The quantitative estimate of drug-likeness (QED) is 0.581. The fourth-order valence-electron chi connectivity index (χ4n) is 1.07. The van der Waals surface area contributed by atoms with Crippen LogP contribution in [0.25, 0.3) is 0 Å². The second-order valence-electron chi connectivity index (χ2n) is 5.20. The van der Waals surface area contributed by atoms with Crippen molar-refractivity contribution in [3.8, 4) is 0 Å². The van der Waals surface area contributed by atoms with Gasteiger partial charge in [0.2, 0.25) is 10.0 Å². The molecule has 0 aromatic carbocycles. The number of carboxylic acids is 1. The van der Waals surface area contributed by atoms with E-state index in [1.165, 1.54) is 0 Å². The van der Waals surface area contributed by atoms with Gasteiger partial charge in [-0.3, -0.25) is 4.79 Å². The van der Waals surface area contributed by atoms with Crippen molar-refractivity contribution in [1.29, 1.82) is 0 Å². The number of hydrogen-bond acceptors (Lipinski definition) is 5. The standard InChI is InChI=1S/C11H22N2O6S/c1-8(9(14)15)20(17,18)13-7-5-6-12-10(16)19-11(2,3)4/h8,13H,5-7H2,1-4H3,(H,12,16)(H,14,15). The predicted molar refractivity (Wildman–Crippen MR) is 72.9 cm³/mol. The maximum atomic E-state index is 11.5. The molecule has 3 N–H and O–H groups in total. The molecule has 1 amide bonds. The Morgan fingerprint density at radius 2 is 1.80 bits per heavy atom. The van der Waals surface area contributed by atoms with Gasteiger partial charge in [0.25, 0.3) is 0 Å². The van der Waals surface area contributed by atoms with Crippen molar-refractivity contribution >= 4 is 22.1 Å². The number of carboxylic acid groups (broad SMARTS) is 1. The first-order chi connectivity index (χ1) is 8.96. The number of sulfonamides is 1. The zero-order valence-corrected chi connectivity index (χ0v) is 12.9. The fourth-order valence-corrected chi connectivity index (χ4v) is 2.01. The van der Waals surface area contributed by atoms with Crippen molar-refractivity contribution < 1.29 is 27.9 Å². The van der Waals surface area contributed by atoms with Crippen molar-refractivity contribution in [2.45, 2.75) is 45.0 Å². The molecule has 8 nitrogen and oxygen atoms in total. The summed E-state index contributed by atoms with van der Waals surface area (Å²) in [4.78, 5) is 21.8. The Morgan fingerprint density at radius 1 is 1.25 bits per heavy atom. The highest BCUT2D eigenvalue weighted by atomic mass is 32.2. The molecule has 1 unspecified atom stereocenters. The van der Waals surface area contributed by atoms with Crippen LogP contribution in [0.4, 0.5) is 4.79 Å². The third-order valence-corrected chi connectivity index (χ3v) is 3.88. The Kier molecular flexibility index (Phi) is 6.94. The highest BCUT2D eigenvalue weighted by Gasteiger charge is 2.26. The van der Waals surface area contributed by atoms with Crippen LogP contribution in [0.3, 0.4) is 0 Å². The van der Waals surface area contributed by atoms with E-state index < -0.39 is 32.9 Å². The van der Waals surface area contributed by atoms with E-state index in [4.69, 9.17) is 9.84 Å². The molecule has 0 heterocycles. The van der Waals surface area contributed by atoms with Gasteiger partial charge < -0.3 is 15.2 Å². The van der Waals surface area contributed by atoms with Crippen LogP contribution in [0.1, 0.15) is 34.1 Å². The summed E-state index contributed by atoms with van der Waals surface area (Å²) >= 11 is 0. The summed E-state index contributed by atoms with van der Waals surface area (Å²) in [5, 5.41) is 9.56. The molecule has 0 aromatic heterocycles. The molecule has 0 radical (unpaired) electrons. The molecule has 9 heteroatoms. The predicted octanol–water partition coefficient (Wildman–Crippen LogP) is 0.294. The van der Waals surface area contributed by atoms with Gasteiger partial charge in [0.05, 0.1) is 0 Å². The van der Waals surface area contributed by atoms with E-state index in [1.54, 1.807) is 20.8 Å². The van der Waals surface area contributed by atoms with Crippen LogP contribution in [0.2, 0.25) is 0 Å². The molecule has 0 aliphatic carbocycles. The minimum absolute atomic E-state index is 0.0375. The summed E-state index contributed by atoms with van der Waals surface area (Å²) in [5.41, 5.74) is -0.595. The van der Waals surface area contributed by atoms with Crippen LogP contribution in [-0.4, -0.2) is 49.5 Å². The number of aliphatic carboxylic acids is 1. The van der Waals surface area contributed by atoms with Gasteiger partial charge in [-0.15, -0.1) is 0 Å². The molecule has 118 valence electrons. The minimum Gasteiger partial charge on any atom is -0.480 e. The van der Waals surface area contributed by atoms with Crippen LogP contribution < -0.4 is 10.0 Å². The SMILES string of the molecule is CC(C(=O)O)S(=O)(=O)NCCCNC(=O)OC(C)(C)C. The Morgan fingerprint density at radius 3 is 2.25 bits per heavy atom. The maximum absolute atomic E-state index is 11.5. The van der Waals surface area contributed by atoms with Crippen molar-refractivity contribution in [3.05, 3.63) is 0 Å². The summed E-state index contributed by atoms with van der Waals surface area (Å²) in [7, 11) is -3.88. The topological polar surface area (TPSA) is 122 Å². The lowest BCUT2D eigenvalue weighted by Gasteiger charge is -2.19. The lowest BCUT2D eigenvalue weighted by atomic mass is 10.2. The van der Waals surface area contributed by atoms with Crippen molar-refractivity contribution in [1.82, 2.24) is 10.0 Å². The lowest BCUT2D eigenvalue weighted by Crippen LogP contribution is -2.39. The summed E-state index contributed by atoms with van der Waals surface area (Å²) in [6, 6.07) is 0. The molecular formula is C11H22N2O6S. The van der Waals surface area contributed by atoms with E-state index >= 15 is 0 Å². The molecule has 0 aliphatic heterocycles. The van der Waals surface area contributed by atoms with Gasteiger partial charge in [-0.1, -0.05) is 0 Å². The van der Waals surface area contributed by atoms with Gasteiger partial charge in [0, 0.05) is 13.1 Å². The molecule has 0 spiro atoms. The summed E-state index contributed by atoms with van der Waals surface area (Å²) < 4.78 is 30.1.